The summed E-state index contributed by atoms with van der Waals surface area (Å²) in [5.74, 6) is 0.249. The van der Waals surface area contributed by atoms with E-state index >= 15 is 0 Å². The highest BCUT2D eigenvalue weighted by atomic mass is 19.1. The fourth-order valence-corrected chi connectivity index (χ4v) is 3.00. The Morgan fingerprint density at radius 3 is 2.36 bits per heavy atom. The van der Waals surface area contributed by atoms with E-state index in [0.29, 0.717) is 28.3 Å². The number of ether oxygens (including phenoxy) is 1. The summed E-state index contributed by atoms with van der Waals surface area (Å²) < 4.78 is 22.2. The Kier molecular flexibility index (Phi) is 4.49. The number of halogens is 1. The molecule has 2 aromatic heterocycles. The summed E-state index contributed by atoms with van der Waals surface area (Å²) in [5, 5.41) is 0. The van der Waals surface area contributed by atoms with E-state index in [1.165, 1.54) is 16.8 Å². The van der Waals surface area contributed by atoms with E-state index < -0.39 is 0 Å². The predicted molar refractivity (Wildman–Crippen MR) is 104 cm³/mol. The first-order valence-corrected chi connectivity index (χ1v) is 8.63. The molecule has 2 aromatic carbocycles. The Morgan fingerprint density at radius 1 is 0.929 bits per heavy atom. The Labute approximate surface area is 160 Å². The van der Waals surface area contributed by atoms with Crippen LogP contribution in [0.25, 0.3) is 22.5 Å². The summed E-state index contributed by atoms with van der Waals surface area (Å²) in [6.45, 7) is 0. The standard InChI is InChI=1S/C21H17FN4O2/c1-25-19(18(20(27)26(25)2)14-8-10-15(22)11-9-14)17-12-13-23-21(24-17)28-16-6-4-3-5-7-16/h3-13H,1-2H3. The van der Waals surface area contributed by atoms with E-state index in [1.54, 1.807) is 55.3 Å². The van der Waals surface area contributed by atoms with E-state index in [1.807, 2.05) is 18.2 Å². The second kappa shape index (κ2) is 7.11. The van der Waals surface area contributed by atoms with Gasteiger partial charge >= 0.3 is 6.01 Å². The molecule has 0 radical (unpaired) electrons. The van der Waals surface area contributed by atoms with E-state index in [4.69, 9.17) is 4.74 Å². The van der Waals surface area contributed by atoms with Crippen molar-refractivity contribution >= 4 is 0 Å². The number of rotatable bonds is 4. The number of hydrogen-bond donors (Lipinski definition) is 0. The number of aromatic nitrogens is 4. The zero-order valence-electron chi connectivity index (χ0n) is 15.3. The van der Waals surface area contributed by atoms with Crippen LogP contribution in [-0.4, -0.2) is 19.3 Å². The second-order valence-electron chi connectivity index (χ2n) is 6.22. The van der Waals surface area contributed by atoms with Gasteiger partial charge in [-0.3, -0.25) is 14.2 Å². The van der Waals surface area contributed by atoms with Crippen LogP contribution in [0.1, 0.15) is 0 Å². The molecule has 6 nitrogen and oxygen atoms in total. The summed E-state index contributed by atoms with van der Waals surface area (Å²) in [6.07, 6.45) is 1.58. The van der Waals surface area contributed by atoms with Crippen molar-refractivity contribution in [1.29, 1.82) is 0 Å². The first kappa shape index (κ1) is 17.7. The molecular formula is C21H17FN4O2. The third kappa shape index (κ3) is 3.18. The molecule has 0 spiro atoms. The molecule has 0 aliphatic heterocycles. The van der Waals surface area contributed by atoms with Crippen LogP contribution in [0.3, 0.4) is 0 Å². The van der Waals surface area contributed by atoms with Crippen LogP contribution in [0.5, 0.6) is 11.8 Å². The van der Waals surface area contributed by atoms with Crippen molar-refractivity contribution < 1.29 is 9.13 Å². The maximum absolute atomic E-state index is 13.3. The smallest absolute Gasteiger partial charge is 0.322 e. The summed E-state index contributed by atoms with van der Waals surface area (Å²) in [6, 6.07) is 16.9. The van der Waals surface area contributed by atoms with Crippen molar-refractivity contribution in [2.45, 2.75) is 0 Å². The van der Waals surface area contributed by atoms with Gasteiger partial charge in [-0.2, -0.15) is 4.98 Å². The normalized spacial score (nSPS) is 10.8. The second-order valence-corrected chi connectivity index (χ2v) is 6.22. The highest BCUT2D eigenvalue weighted by molar-refractivity contribution is 5.79. The molecule has 0 atom stereocenters. The average Bonchev–Trinajstić information content (AvgIpc) is 2.94. The highest BCUT2D eigenvalue weighted by Gasteiger charge is 2.21. The highest BCUT2D eigenvalue weighted by Crippen LogP contribution is 2.29. The van der Waals surface area contributed by atoms with Gasteiger partial charge in [0, 0.05) is 20.3 Å². The molecule has 0 aliphatic carbocycles. The first-order valence-electron chi connectivity index (χ1n) is 8.63. The molecule has 0 amide bonds. The molecule has 0 bridgehead atoms. The van der Waals surface area contributed by atoms with Gasteiger partial charge in [0.1, 0.15) is 11.6 Å². The molecule has 0 saturated heterocycles. The molecule has 0 fully saturated rings. The van der Waals surface area contributed by atoms with Gasteiger partial charge in [-0.25, -0.2) is 9.37 Å². The third-order valence-corrected chi connectivity index (χ3v) is 4.48. The predicted octanol–water partition coefficient (Wildman–Crippen LogP) is 3.78. The minimum Gasteiger partial charge on any atom is -0.424 e. The minimum absolute atomic E-state index is 0.171. The summed E-state index contributed by atoms with van der Waals surface area (Å²) >= 11 is 0. The molecule has 4 aromatic rings. The van der Waals surface area contributed by atoms with Crippen LogP contribution in [0.15, 0.2) is 71.7 Å². The SMILES string of the molecule is Cn1c(-c2ccnc(Oc3ccccc3)n2)c(-c2ccc(F)cc2)c(=O)n1C. The van der Waals surface area contributed by atoms with Crippen LogP contribution < -0.4 is 10.3 Å². The molecule has 140 valence electrons. The largest absolute Gasteiger partial charge is 0.424 e. The van der Waals surface area contributed by atoms with E-state index in [-0.39, 0.29) is 17.4 Å². The summed E-state index contributed by atoms with van der Waals surface area (Å²) in [7, 11) is 3.44. The van der Waals surface area contributed by atoms with Crippen LogP contribution >= 0.6 is 0 Å². The maximum Gasteiger partial charge on any atom is 0.322 e. The lowest BCUT2D eigenvalue weighted by Gasteiger charge is -2.09. The molecular weight excluding hydrogens is 359 g/mol. The van der Waals surface area contributed by atoms with Gasteiger partial charge in [0.15, 0.2) is 0 Å². The maximum atomic E-state index is 13.3. The van der Waals surface area contributed by atoms with E-state index in [2.05, 4.69) is 9.97 Å². The van der Waals surface area contributed by atoms with Gasteiger partial charge in [-0.15, -0.1) is 0 Å². The van der Waals surface area contributed by atoms with Crippen LogP contribution in [0.2, 0.25) is 0 Å². The number of hydrogen-bond acceptors (Lipinski definition) is 4. The number of para-hydroxylation sites is 1. The molecule has 28 heavy (non-hydrogen) atoms. The molecule has 2 heterocycles. The molecule has 7 heteroatoms. The Bertz CT molecular complexity index is 1180. The lowest BCUT2D eigenvalue weighted by atomic mass is 10.0. The Hall–Kier alpha value is -3.74. The average molecular weight is 376 g/mol. The fraction of sp³-hybridized carbons (Fsp3) is 0.0952. The first-order chi connectivity index (χ1) is 13.5. The van der Waals surface area contributed by atoms with Gasteiger partial charge < -0.3 is 4.74 Å². The Morgan fingerprint density at radius 2 is 1.64 bits per heavy atom. The minimum atomic E-state index is -0.362. The zero-order valence-corrected chi connectivity index (χ0v) is 15.3. The van der Waals surface area contributed by atoms with E-state index in [0.717, 1.165) is 0 Å². The monoisotopic (exact) mass is 376 g/mol. The van der Waals surface area contributed by atoms with Gasteiger partial charge in [-0.05, 0) is 35.9 Å². The van der Waals surface area contributed by atoms with Gasteiger partial charge in [0.05, 0.1) is 17.0 Å². The van der Waals surface area contributed by atoms with E-state index in [9.17, 15) is 9.18 Å². The quantitative estimate of drug-likeness (QED) is 0.544. The van der Waals surface area contributed by atoms with Crippen molar-refractivity contribution in [2.24, 2.45) is 14.1 Å². The molecule has 0 unspecified atom stereocenters. The molecule has 0 aliphatic rings. The zero-order chi connectivity index (χ0) is 19.7. The molecule has 0 N–H and O–H groups in total. The van der Waals surface area contributed by atoms with Crippen molar-refractivity contribution in [3.05, 3.63) is 83.0 Å². The van der Waals surface area contributed by atoms with Crippen LogP contribution in [-0.2, 0) is 14.1 Å². The third-order valence-electron chi connectivity index (χ3n) is 4.48. The van der Waals surface area contributed by atoms with Gasteiger partial charge in [0.25, 0.3) is 5.56 Å². The van der Waals surface area contributed by atoms with Crippen LogP contribution in [0.4, 0.5) is 4.39 Å². The van der Waals surface area contributed by atoms with Gasteiger partial charge in [0.2, 0.25) is 0 Å². The van der Waals surface area contributed by atoms with Crippen molar-refractivity contribution in [3.8, 4) is 34.3 Å². The lowest BCUT2D eigenvalue weighted by molar-refractivity contribution is 0.442. The summed E-state index contributed by atoms with van der Waals surface area (Å²) in [4.78, 5) is 21.5. The van der Waals surface area contributed by atoms with Crippen LogP contribution in [0, 0.1) is 5.82 Å². The number of nitrogens with zero attached hydrogens (tertiary/aromatic N) is 4. The molecule has 0 saturated carbocycles. The molecule has 4 rings (SSSR count). The van der Waals surface area contributed by atoms with Crippen molar-refractivity contribution in [3.63, 3.8) is 0 Å². The lowest BCUT2D eigenvalue weighted by Crippen LogP contribution is -2.17. The summed E-state index contributed by atoms with van der Waals surface area (Å²) in [5.41, 5.74) is 1.98. The van der Waals surface area contributed by atoms with Crippen molar-refractivity contribution in [1.82, 2.24) is 19.3 Å². The number of benzene rings is 2. The van der Waals surface area contributed by atoms with Gasteiger partial charge in [-0.1, -0.05) is 30.3 Å². The topological polar surface area (TPSA) is 61.9 Å². The Balaban J connectivity index is 1.83. The van der Waals surface area contributed by atoms with Crippen molar-refractivity contribution in [2.75, 3.05) is 0 Å². The fourth-order valence-electron chi connectivity index (χ4n) is 3.00.